The predicted molar refractivity (Wildman–Crippen MR) is 68.8 cm³/mol. The molecule has 0 spiro atoms. The molecule has 0 bridgehead atoms. The first kappa shape index (κ1) is 12.9. The van der Waals surface area contributed by atoms with Crippen molar-refractivity contribution in [1.82, 2.24) is 5.32 Å². The lowest BCUT2D eigenvalue weighted by Crippen LogP contribution is -2.37. The zero-order chi connectivity index (χ0) is 12.5. The Morgan fingerprint density at radius 1 is 1.53 bits per heavy atom. The van der Waals surface area contributed by atoms with E-state index in [9.17, 15) is 9.50 Å². The van der Waals surface area contributed by atoms with Crippen molar-refractivity contribution in [3.05, 3.63) is 29.6 Å². The maximum Gasteiger partial charge on any atom is 0.137 e. The Kier molecular flexibility index (Phi) is 3.76. The molecule has 2 N–H and O–H groups in total. The minimum Gasteiger partial charge on any atom is -0.389 e. The molecule has 0 saturated carbocycles. The van der Waals surface area contributed by atoms with Crippen LogP contribution in [0.4, 0.5) is 4.39 Å². The lowest BCUT2D eigenvalue weighted by atomic mass is 10.0. The van der Waals surface area contributed by atoms with Crippen molar-refractivity contribution in [2.24, 2.45) is 0 Å². The monoisotopic (exact) mass is 255 g/mol. The Balaban J connectivity index is 2.15. The summed E-state index contributed by atoms with van der Waals surface area (Å²) in [6, 6.07) is 5.36. The number of nitrogens with one attached hydrogen (secondary N) is 1. The molecule has 0 aromatic heterocycles. The van der Waals surface area contributed by atoms with Crippen molar-refractivity contribution in [2.45, 2.75) is 36.8 Å². The van der Waals surface area contributed by atoms with Gasteiger partial charge in [-0.25, -0.2) is 4.39 Å². The van der Waals surface area contributed by atoms with E-state index in [1.165, 1.54) is 6.07 Å². The average molecular weight is 255 g/mol. The van der Waals surface area contributed by atoms with Gasteiger partial charge in [0, 0.05) is 17.5 Å². The van der Waals surface area contributed by atoms with Crippen molar-refractivity contribution in [1.29, 1.82) is 0 Å². The van der Waals surface area contributed by atoms with E-state index < -0.39 is 5.60 Å². The van der Waals surface area contributed by atoms with Gasteiger partial charge in [0.15, 0.2) is 0 Å². The summed E-state index contributed by atoms with van der Waals surface area (Å²) < 4.78 is 13.6. The fraction of sp³-hybridized carbons (Fsp3) is 0.538. The van der Waals surface area contributed by atoms with Gasteiger partial charge in [-0.15, -0.1) is 11.8 Å². The molecule has 1 atom stereocenters. The van der Waals surface area contributed by atoms with Gasteiger partial charge in [-0.05, 0) is 37.7 Å². The van der Waals surface area contributed by atoms with Gasteiger partial charge in [-0.2, -0.15) is 0 Å². The first-order chi connectivity index (χ1) is 7.97. The topological polar surface area (TPSA) is 32.3 Å². The zero-order valence-electron chi connectivity index (χ0n) is 10.2. The molecule has 0 aliphatic carbocycles. The van der Waals surface area contributed by atoms with Gasteiger partial charge in [-0.1, -0.05) is 12.1 Å². The zero-order valence-corrected chi connectivity index (χ0v) is 11.0. The van der Waals surface area contributed by atoms with Crippen LogP contribution in [0.15, 0.2) is 23.1 Å². The Morgan fingerprint density at radius 3 is 3.00 bits per heavy atom. The van der Waals surface area contributed by atoms with Crippen molar-refractivity contribution in [3.8, 4) is 0 Å². The van der Waals surface area contributed by atoms with Gasteiger partial charge in [-0.3, -0.25) is 0 Å². The highest BCUT2D eigenvalue weighted by molar-refractivity contribution is 7.99. The molecule has 17 heavy (non-hydrogen) atoms. The smallest absolute Gasteiger partial charge is 0.137 e. The third-order valence-electron chi connectivity index (χ3n) is 2.81. The fourth-order valence-corrected chi connectivity index (χ4v) is 3.11. The number of aliphatic hydroxyl groups is 1. The molecule has 0 fully saturated rings. The minimum absolute atomic E-state index is 0.137. The first-order valence-electron chi connectivity index (χ1n) is 5.84. The van der Waals surface area contributed by atoms with Crippen LogP contribution in [-0.2, 0) is 0 Å². The maximum atomic E-state index is 13.6. The van der Waals surface area contributed by atoms with E-state index in [-0.39, 0.29) is 11.9 Å². The second-order valence-corrected chi connectivity index (χ2v) is 6.15. The normalized spacial score (nSPS) is 20.1. The Labute approximate surface area is 106 Å². The summed E-state index contributed by atoms with van der Waals surface area (Å²) in [6.07, 6.45) is 0.969. The van der Waals surface area contributed by atoms with Crippen LogP contribution in [0, 0.1) is 5.82 Å². The van der Waals surface area contributed by atoms with Crippen molar-refractivity contribution in [3.63, 3.8) is 0 Å². The second kappa shape index (κ2) is 4.96. The van der Waals surface area contributed by atoms with E-state index >= 15 is 0 Å². The predicted octanol–water partition coefficient (Wildman–Crippen LogP) is 2.72. The molecule has 2 rings (SSSR count). The number of benzene rings is 1. The van der Waals surface area contributed by atoms with Crippen LogP contribution < -0.4 is 5.32 Å². The van der Waals surface area contributed by atoms with Crippen LogP contribution in [0.2, 0.25) is 0 Å². The molecule has 0 amide bonds. The van der Waals surface area contributed by atoms with Crippen molar-refractivity contribution >= 4 is 11.8 Å². The van der Waals surface area contributed by atoms with E-state index in [2.05, 4.69) is 5.32 Å². The van der Waals surface area contributed by atoms with Crippen molar-refractivity contribution in [2.75, 3.05) is 12.3 Å². The summed E-state index contributed by atoms with van der Waals surface area (Å²) in [6.45, 7) is 4.05. The van der Waals surface area contributed by atoms with E-state index in [0.29, 0.717) is 6.54 Å². The molecule has 1 aliphatic rings. The lowest BCUT2D eigenvalue weighted by Gasteiger charge is -2.29. The molecule has 1 aliphatic heterocycles. The summed E-state index contributed by atoms with van der Waals surface area (Å²) in [5.41, 5.74) is 0.281. The number of hydrogen-bond donors (Lipinski definition) is 2. The molecule has 1 heterocycles. The summed E-state index contributed by atoms with van der Waals surface area (Å²) in [4.78, 5) is 0.756. The quantitative estimate of drug-likeness (QED) is 0.871. The molecule has 1 aromatic carbocycles. The number of halogens is 1. The molecular weight excluding hydrogens is 237 g/mol. The fourth-order valence-electron chi connectivity index (χ4n) is 1.97. The molecule has 0 saturated heterocycles. The Hall–Kier alpha value is -0.580. The third-order valence-corrected chi connectivity index (χ3v) is 3.97. The van der Waals surface area contributed by atoms with Crippen LogP contribution in [0.3, 0.4) is 0 Å². The lowest BCUT2D eigenvalue weighted by molar-refractivity contribution is 0.0760. The van der Waals surface area contributed by atoms with Gasteiger partial charge in [0.1, 0.15) is 5.82 Å². The van der Waals surface area contributed by atoms with Gasteiger partial charge in [0.25, 0.3) is 0 Å². The van der Waals surface area contributed by atoms with Crippen molar-refractivity contribution < 1.29 is 9.50 Å². The van der Waals surface area contributed by atoms with Gasteiger partial charge in [0.05, 0.1) is 5.60 Å². The number of fused-ring (bicyclic) bond motifs is 1. The molecule has 1 unspecified atom stereocenters. The summed E-state index contributed by atoms with van der Waals surface area (Å²) in [5.74, 6) is 0.777. The van der Waals surface area contributed by atoms with Gasteiger partial charge in [0.2, 0.25) is 0 Å². The molecule has 4 heteroatoms. The highest BCUT2D eigenvalue weighted by Crippen LogP contribution is 2.37. The Morgan fingerprint density at radius 2 is 2.29 bits per heavy atom. The minimum atomic E-state index is -0.738. The summed E-state index contributed by atoms with van der Waals surface area (Å²) in [5, 5.41) is 13.0. The van der Waals surface area contributed by atoms with Gasteiger partial charge >= 0.3 is 0 Å². The number of thioether (sulfide) groups is 1. The molecule has 0 radical (unpaired) electrons. The van der Waals surface area contributed by atoms with Crippen LogP contribution in [0.1, 0.15) is 31.9 Å². The number of rotatable bonds is 3. The highest BCUT2D eigenvalue weighted by atomic mass is 32.2. The first-order valence-corrected chi connectivity index (χ1v) is 6.83. The van der Waals surface area contributed by atoms with Crippen LogP contribution >= 0.6 is 11.8 Å². The van der Waals surface area contributed by atoms with E-state index in [1.807, 2.05) is 6.07 Å². The second-order valence-electron chi connectivity index (χ2n) is 5.04. The Bertz CT molecular complexity index is 403. The summed E-state index contributed by atoms with van der Waals surface area (Å²) in [7, 11) is 0. The van der Waals surface area contributed by atoms with E-state index in [4.69, 9.17) is 0 Å². The highest BCUT2D eigenvalue weighted by Gasteiger charge is 2.24. The van der Waals surface area contributed by atoms with Crippen LogP contribution in [-0.4, -0.2) is 23.0 Å². The van der Waals surface area contributed by atoms with Crippen LogP contribution in [0.5, 0.6) is 0 Å². The van der Waals surface area contributed by atoms with Gasteiger partial charge < -0.3 is 10.4 Å². The molecule has 94 valence electrons. The standard InChI is InChI=1S/C13H18FNOS/c1-13(2,16)8-15-11-6-7-17-12-9(11)4-3-5-10(12)14/h3-5,11,15-16H,6-8H2,1-2H3. The molecular formula is C13H18FNOS. The molecule has 1 aromatic rings. The summed E-state index contributed by atoms with van der Waals surface area (Å²) >= 11 is 1.57. The SMILES string of the molecule is CC(C)(O)CNC1CCSc2c(F)cccc21. The third kappa shape index (κ3) is 3.21. The van der Waals surface area contributed by atoms with E-state index in [0.717, 1.165) is 22.6 Å². The molecule has 2 nitrogen and oxygen atoms in total. The largest absolute Gasteiger partial charge is 0.389 e. The average Bonchev–Trinajstić information content (AvgIpc) is 2.26. The maximum absolute atomic E-state index is 13.6. The van der Waals surface area contributed by atoms with E-state index in [1.54, 1.807) is 31.7 Å². The number of hydrogen-bond acceptors (Lipinski definition) is 3. The van der Waals surface area contributed by atoms with Crippen LogP contribution in [0.25, 0.3) is 0 Å².